The number of hydrogen-bond acceptors (Lipinski definition) is 1. The van der Waals surface area contributed by atoms with Gasteiger partial charge in [0.05, 0.1) is 0 Å². The lowest BCUT2D eigenvalue weighted by atomic mass is 9.93. The van der Waals surface area contributed by atoms with E-state index in [-0.39, 0.29) is 11.8 Å². The van der Waals surface area contributed by atoms with E-state index in [1.54, 1.807) is 0 Å². The first-order valence-electron chi connectivity index (χ1n) is 6.33. The van der Waals surface area contributed by atoms with E-state index in [9.17, 15) is 4.79 Å². The number of carbonyl (C=O) groups excluding carboxylic acids is 1. The van der Waals surface area contributed by atoms with Crippen molar-refractivity contribution >= 4 is 12.0 Å². The maximum Gasteiger partial charge on any atom is 0.247 e. The summed E-state index contributed by atoms with van der Waals surface area (Å²) in [6, 6.07) is 8.12. The molecule has 1 aromatic rings. The van der Waals surface area contributed by atoms with Gasteiger partial charge in [0.25, 0.3) is 0 Å². The first kappa shape index (κ1) is 12.6. The largest absolute Gasteiger partial charge is 0.352 e. The minimum Gasteiger partial charge on any atom is -0.352 e. The van der Waals surface area contributed by atoms with E-state index in [0.717, 1.165) is 0 Å². The van der Waals surface area contributed by atoms with Crippen LogP contribution in [0.25, 0.3) is 6.08 Å². The number of carbonyl (C=O) groups is 1. The second-order valence-corrected chi connectivity index (χ2v) is 5.09. The molecular formula is C16H19NO. The van der Waals surface area contributed by atoms with Crippen LogP contribution in [0.4, 0.5) is 0 Å². The van der Waals surface area contributed by atoms with Crippen molar-refractivity contribution in [2.75, 3.05) is 6.54 Å². The van der Waals surface area contributed by atoms with Crippen molar-refractivity contribution in [1.29, 1.82) is 0 Å². The Bertz CT molecular complexity index is 500. The highest BCUT2D eigenvalue weighted by Gasteiger charge is 2.23. The van der Waals surface area contributed by atoms with Crippen LogP contribution in [-0.4, -0.2) is 12.5 Å². The van der Waals surface area contributed by atoms with Crippen LogP contribution in [0.1, 0.15) is 30.9 Å². The number of allylic oxidation sites excluding steroid dienone is 1. The Kier molecular flexibility index (Phi) is 3.66. The van der Waals surface area contributed by atoms with Crippen LogP contribution >= 0.6 is 0 Å². The van der Waals surface area contributed by atoms with Crippen LogP contribution in [0.5, 0.6) is 0 Å². The summed E-state index contributed by atoms with van der Waals surface area (Å²) in [5.74, 6) is 0.427. The minimum atomic E-state index is -0.0462. The van der Waals surface area contributed by atoms with Gasteiger partial charge in [0, 0.05) is 18.0 Å². The van der Waals surface area contributed by atoms with E-state index in [2.05, 4.69) is 44.0 Å². The van der Waals surface area contributed by atoms with Crippen LogP contribution in [0.15, 0.2) is 42.5 Å². The van der Waals surface area contributed by atoms with Crippen molar-refractivity contribution in [2.24, 2.45) is 5.92 Å². The van der Waals surface area contributed by atoms with E-state index in [0.29, 0.717) is 18.0 Å². The summed E-state index contributed by atoms with van der Waals surface area (Å²) in [4.78, 5) is 12.0. The van der Waals surface area contributed by atoms with Crippen LogP contribution < -0.4 is 5.32 Å². The molecule has 0 radical (unpaired) electrons. The number of hydrogen-bond donors (Lipinski definition) is 1. The van der Waals surface area contributed by atoms with Gasteiger partial charge in [-0.05, 0) is 17.0 Å². The summed E-state index contributed by atoms with van der Waals surface area (Å²) in [5, 5.41) is 2.92. The van der Waals surface area contributed by atoms with Gasteiger partial charge in [0.1, 0.15) is 0 Å². The average Bonchev–Trinajstić information content (AvgIpc) is 2.78. The summed E-state index contributed by atoms with van der Waals surface area (Å²) in [6.45, 7) is 8.79. The zero-order valence-corrected chi connectivity index (χ0v) is 10.9. The smallest absolute Gasteiger partial charge is 0.247 e. The molecule has 0 saturated carbocycles. The Balaban J connectivity index is 2.08. The third-order valence-electron chi connectivity index (χ3n) is 3.14. The molecule has 0 aliphatic heterocycles. The SMILES string of the molecule is C=C(C(=O)NCC(C)C)C1C=Cc2ccccc21. The second-order valence-electron chi connectivity index (χ2n) is 5.09. The van der Waals surface area contributed by atoms with E-state index in [1.165, 1.54) is 11.1 Å². The summed E-state index contributed by atoms with van der Waals surface area (Å²) in [6.07, 6.45) is 4.10. The molecule has 1 amide bonds. The van der Waals surface area contributed by atoms with E-state index in [4.69, 9.17) is 0 Å². The number of benzene rings is 1. The molecule has 94 valence electrons. The Morgan fingerprint density at radius 1 is 1.39 bits per heavy atom. The minimum absolute atomic E-state index is 0.0216. The quantitative estimate of drug-likeness (QED) is 0.806. The highest BCUT2D eigenvalue weighted by molar-refractivity contribution is 5.95. The van der Waals surface area contributed by atoms with E-state index >= 15 is 0 Å². The van der Waals surface area contributed by atoms with Crippen molar-refractivity contribution in [3.05, 3.63) is 53.6 Å². The molecule has 0 heterocycles. The molecule has 0 saturated heterocycles. The molecule has 1 unspecified atom stereocenters. The third-order valence-corrected chi connectivity index (χ3v) is 3.14. The molecule has 0 spiro atoms. The molecule has 1 aliphatic rings. The zero-order chi connectivity index (χ0) is 13.1. The summed E-state index contributed by atoms with van der Waals surface area (Å²) in [5.41, 5.74) is 2.97. The highest BCUT2D eigenvalue weighted by Crippen LogP contribution is 2.34. The number of nitrogens with one attached hydrogen (secondary N) is 1. The van der Waals surface area contributed by atoms with Crippen molar-refractivity contribution in [1.82, 2.24) is 5.32 Å². The lowest BCUT2D eigenvalue weighted by Crippen LogP contribution is -2.29. The summed E-state index contributed by atoms with van der Waals surface area (Å²) >= 11 is 0. The van der Waals surface area contributed by atoms with Gasteiger partial charge in [-0.25, -0.2) is 0 Å². The number of rotatable bonds is 4. The third kappa shape index (κ3) is 2.53. The van der Waals surface area contributed by atoms with Crippen molar-refractivity contribution in [3.63, 3.8) is 0 Å². The van der Waals surface area contributed by atoms with Gasteiger partial charge in [0.2, 0.25) is 5.91 Å². The van der Waals surface area contributed by atoms with Gasteiger partial charge in [0.15, 0.2) is 0 Å². The Morgan fingerprint density at radius 3 is 2.83 bits per heavy atom. The first-order chi connectivity index (χ1) is 8.59. The molecule has 1 N–H and O–H groups in total. The van der Waals surface area contributed by atoms with Gasteiger partial charge in [-0.3, -0.25) is 4.79 Å². The Hall–Kier alpha value is -1.83. The molecule has 1 aliphatic carbocycles. The molecule has 2 nitrogen and oxygen atoms in total. The number of amides is 1. The predicted molar refractivity (Wildman–Crippen MR) is 75.2 cm³/mol. The van der Waals surface area contributed by atoms with Crippen LogP contribution in [0, 0.1) is 5.92 Å². The second kappa shape index (κ2) is 5.21. The highest BCUT2D eigenvalue weighted by atomic mass is 16.1. The molecule has 2 rings (SSSR count). The predicted octanol–water partition coefficient (Wildman–Crippen LogP) is 3.13. The van der Waals surface area contributed by atoms with Crippen LogP contribution in [0.2, 0.25) is 0 Å². The van der Waals surface area contributed by atoms with Gasteiger partial charge in [-0.1, -0.05) is 56.8 Å². The molecule has 2 heteroatoms. The Morgan fingerprint density at radius 2 is 2.11 bits per heavy atom. The lowest BCUT2D eigenvalue weighted by Gasteiger charge is -2.15. The van der Waals surface area contributed by atoms with Crippen molar-refractivity contribution in [3.8, 4) is 0 Å². The maximum absolute atomic E-state index is 12.0. The van der Waals surface area contributed by atoms with Gasteiger partial charge in [-0.15, -0.1) is 0 Å². The van der Waals surface area contributed by atoms with Gasteiger partial charge < -0.3 is 5.32 Å². The first-order valence-corrected chi connectivity index (χ1v) is 6.33. The van der Waals surface area contributed by atoms with Crippen LogP contribution in [-0.2, 0) is 4.79 Å². The monoisotopic (exact) mass is 241 g/mol. The number of fused-ring (bicyclic) bond motifs is 1. The average molecular weight is 241 g/mol. The summed E-state index contributed by atoms with van der Waals surface area (Å²) in [7, 11) is 0. The van der Waals surface area contributed by atoms with E-state index < -0.39 is 0 Å². The standard InChI is InChI=1S/C16H19NO/c1-11(2)10-17-16(18)12(3)14-9-8-13-6-4-5-7-15(13)14/h4-9,11,14H,3,10H2,1-2H3,(H,17,18). The molecule has 0 bridgehead atoms. The fourth-order valence-corrected chi connectivity index (χ4v) is 2.10. The molecule has 0 fully saturated rings. The van der Waals surface area contributed by atoms with Gasteiger partial charge >= 0.3 is 0 Å². The Labute approximate surface area is 108 Å². The maximum atomic E-state index is 12.0. The fraction of sp³-hybridized carbons (Fsp3) is 0.312. The molecule has 0 aromatic heterocycles. The molecule has 18 heavy (non-hydrogen) atoms. The van der Waals surface area contributed by atoms with Gasteiger partial charge in [-0.2, -0.15) is 0 Å². The van der Waals surface area contributed by atoms with Crippen LogP contribution in [0.3, 0.4) is 0 Å². The lowest BCUT2D eigenvalue weighted by molar-refractivity contribution is -0.117. The molecule has 1 aromatic carbocycles. The van der Waals surface area contributed by atoms with Crippen molar-refractivity contribution in [2.45, 2.75) is 19.8 Å². The zero-order valence-electron chi connectivity index (χ0n) is 10.9. The topological polar surface area (TPSA) is 29.1 Å². The van der Waals surface area contributed by atoms with Crippen molar-refractivity contribution < 1.29 is 4.79 Å². The summed E-state index contributed by atoms with van der Waals surface area (Å²) < 4.78 is 0. The molecular weight excluding hydrogens is 222 g/mol. The molecule has 1 atom stereocenters. The normalized spacial score (nSPS) is 16.7. The van der Waals surface area contributed by atoms with E-state index in [1.807, 2.05) is 18.2 Å². The fourth-order valence-electron chi connectivity index (χ4n) is 2.10.